The van der Waals surface area contributed by atoms with Crippen LogP contribution in [0.2, 0.25) is 0 Å². The molecule has 0 amide bonds. The van der Waals surface area contributed by atoms with E-state index in [1.54, 1.807) is 5.56 Å². The van der Waals surface area contributed by atoms with E-state index in [9.17, 15) is 4.79 Å². The Kier molecular flexibility index (Phi) is 8.75. The number of ether oxygens (including phenoxy) is 1. The fourth-order valence-electron chi connectivity index (χ4n) is 9.21. The number of aryl methyl sites for hydroxylation is 1. The summed E-state index contributed by atoms with van der Waals surface area (Å²) in [5, 5.41) is 6.93. The molecule has 0 aromatic heterocycles. The Morgan fingerprint density at radius 3 is 2.42 bits per heavy atom. The van der Waals surface area contributed by atoms with E-state index in [4.69, 9.17) is 4.74 Å². The Labute approximate surface area is 233 Å². The topological polar surface area (TPSA) is 50.4 Å². The van der Waals surface area contributed by atoms with E-state index in [2.05, 4.69) is 85.1 Å². The zero-order valence-electron chi connectivity index (χ0n) is 25.9. The quantitative estimate of drug-likeness (QED) is 0.189. The molecule has 4 heteroatoms. The van der Waals surface area contributed by atoms with Crippen molar-refractivity contribution in [1.82, 2.24) is 10.6 Å². The van der Waals surface area contributed by atoms with E-state index >= 15 is 0 Å². The third-order valence-corrected chi connectivity index (χ3v) is 10.7. The van der Waals surface area contributed by atoms with Crippen LogP contribution in [0.1, 0.15) is 123 Å². The molecule has 0 spiro atoms. The Hall–Kier alpha value is -1.39. The minimum absolute atomic E-state index is 0.141. The second-order valence-electron chi connectivity index (χ2n) is 14.8. The maximum Gasteiger partial charge on any atom is 0.328 e. The van der Waals surface area contributed by atoms with E-state index in [1.165, 1.54) is 43.2 Å². The summed E-state index contributed by atoms with van der Waals surface area (Å²) in [6, 6.07) is 4.82. The molecule has 1 aromatic rings. The molecule has 0 aliphatic heterocycles. The number of carbonyl (C=O) groups is 1. The predicted octanol–water partition coefficient (Wildman–Crippen LogP) is 7.49. The monoisotopic (exact) mass is 524 g/mol. The van der Waals surface area contributed by atoms with Crippen LogP contribution >= 0.6 is 0 Å². The molecule has 1 unspecified atom stereocenters. The highest BCUT2D eigenvalue weighted by Crippen LogP contribution is 2.67. The van der Waals surface area contributed by atoms with Crippen LogP contribution in [-0.4, -0.2) is 30.6 Å². The number of benzene rings is 1. The molecule has 2 saturated carbocycles. The van der Waals surface area contributed by atoms with Gasteiger partial charge in [0.15, 0.2) is 0 Å². The minimum Gasteiger partial charge on any atom is -0.425 e. The highest BCUT2D eigenvalue weighted by atomic mass is 16.5. The first kappa shape index (κ1) is 29.6. The molecule has 2 fully saturated rings. The van der Waals surface area contributed by atoms with Gasteiger partial charge in [0.2, 0.25) is 0 Å². The van der Waals surface area contributed by atoms with E-state index in [0.717, 1.165) is 43.9 Å². The van der Waals surface area contributed by atoms with Gasteiger partial charge in [-0.2, -0.15) is 0 Å². The lowest BCUT2D eigenvalue weighted by molar-refractivity contribution is -0.137. The SMILES string of the molecule is Cc1cc(OC(=O)C(CCCCNC(C)C)NC(C)C)cc2c1[C@]1(C)CC[C@H]3C(C)(C)CCC[C@]3(C)[C@H]1C2. The summed E-state index contributed by atoms with van der Waals surface area (Å²) in [7, 11) is 0. The second kappa shape index (κ2) is 11.2. The van der Waals surface area contributed by atoms with Gasteiger partial charge in [0.05, 0.1) is 0 Å². The number of hydrogen-bond acceptors (Lipinski definition) is 4. The number of nitrogens with one attached hydrogen (secondary N) is 2. The summed E-state index contributed by atoms with van der Waals surface area (Å²) in [5.41, 5.74) is 5.33. The Balaban J connectivity index is 1.50. The average Bonchev–Trinajstić information content (AvgIpc) is 3.11. The van der Waals surface area contributed by atoms with Crippen LogP contribution in [0.15, 0.2) is 12.1 Å². The molecule has 0 saturated heterocycles. The van der Waals surface area contributed by atoms with Crippen LogP contribution in [-0.2, 0) is 16.6 Å². The zero-order chi connectivity index (χ0) is 27.9. The molecule has 214 valence electrons. The van der Waals surface area contributed by atoms with Gasteiger partial charge in [-0.25, -0.2) is 4.79 Å². The lowest BCUT2D eigenvalue weighted by Gasteiger charge is -2.61. The van der Waals surface area contributed by atoms with Crippen molar-refractivity contribution in [3.05, 3.63) is 28.8 Å². The maximum absolute atomic E-state index is 13.4. The lowest BCUT2D eigenvalue weighted by Crippen LogP contribution is -2.55. The van der Waals surface area contributed by atoms with Gasteiger partial charge in [-0.3, -0.25) is 0 Å². The Morgan fingerprint density at radius 1 is 1.00 bits per heavy atom. The van der Waals surface area contributed by atoms with Gasteiger partial charge in [0, 0.05) is 12.1 Å². The van der Waals surface area contributed by atoms with Crippen molar-refractivity contribution in [2.75, 3.05) is 6.54 Å². The van der Waals surface area contributed by atoms with Gasteiger partial charge in [0.25, 0.3) is 0 Å². The van der Waals surface area contributed by atoms with E-state index < -0.39 is 0 Å². The molecule has 5 atom stereocenters. The van der Waals surface area contributed by atoms with Gasteiger partial charge < -0.3 is 15.4 Å². The standard InChI is InChI=1S/C34H56N2O2/c1-22(2)35-18-11-10-13-27(36-23(3)4)31(37)38-26-19-24(5)30-25(20-26)21-29-33(8)16-12-15-32(6,7)28(33)14-17-34(29,30)9/h19-20,22-23,27-29,35-36H,10-18,21H2,1-9H3/t27?,28-,29+,33-,34+/m0/s1. The van der Waals surface area contributed by atoms with Crippen molar-refractivity contribution in [1.29, 1.82) is 0 Å². The highest BCUT2D eigenvalue weighted by molar-refractivity contribution is 5.78. The molecule has 3 aliphatic rings. The van der Waals surface area contributed by atoms with E-state index in [1.807, 2.05) is 0 Å². The fraction of sp³-hybridized carbons (Fsp3) is 0.794. The largest absolute Gasteiger partial charge is 0.425 e. The molecule has 4 nitrogen and oxygen atoms in total. The Bertz CT molecular complexity index is 998. The predicted molar refractivity (Wildman–Crippen MR) is 159 cm³/mol. The molecule has 38 heavy (non-hydrogen) atoms. The summed E-state index contributed by atoms with van der Waals surface area (Å²) < 4.78 is 6.11. The fourth-order valence-corrected chi connectivity index (χ4v) is 9.21. The summed E-state index contributed by atoms with van der Waals surface area (Å²) in [5.74, 6) is 2.06. The molecule has 1 aromatic carbocycles. The van der Waals surface area contributed by atoms with Crippen molar-refractivity contribution in [3.8, 4) is 5.75 Å². The van der Waals surface area contributed by atoms with Gasteiger partial charge in [-0.15, -0.1) is 0 Å². The van der Waals surface area contributed by atoms with Crippen molar-refractivity contribution < 1.29 is 9.53 Å². The van der Waals surface area contributed by atoms with Crippen LogP contribution < -0.4 is 15.4 Å². The first-order valence-corrected chi connectivity index (χ1v) is 15.6. The van der Waals surface area contributed by atoms with Gasteiger partial charge in [-0.05, 0) is 115 Å². The average molecular weight is 525 g/mol. The Morgan fingerprint density at radius 2 is 1.74 bits per heavy atom. The van der Waals surface area contributed by atoms with Crippen LogP contribution in [0.3, 0.4) is 0 Å². The van der Waals surface area contributed by atoms with Crippen LogP contribution in [0, 0.1) is 29.6 Å². The molecule has 2 N–H and O–H groups in total. The number of rotatable bonds is 10. The number of unbranched alkanes of at least 4 members (excludes halogenated alkanes) is 1. The van der Waals surface area contributed by atoms with E-state index in [-0.39, 0.29) is 23.5 Å². The second-order valence-corrected chi connectivity index (χ2v) is 14.8. The smallest absolute Gasteiger partial charge is 0.328 e. The van der Waals surface area contributed by atoms with Gasteiger partial charge in [0.1, 0.15) is 11.8 Å². The van der Waals surface area contributed by atoms with Crippen molar-refractivity contribution in [2.24, 2.45) is 22.7 Å². The first-order valence-electron chi connectivity index (χ1n) is 15.6. The third-order valence-electron chi connectivity index (χ3n) is 10.7. The zero-order valence-corrected chi connectivity index (χ0v) is 25.9. The normalized spacial score (nSPS) is 30.6. The number of carbonyl (C=O) groups excluding carboxylic acids is 1. The van der Waals surface area contributed by atoms with Crippen LogP contribution in [0.5, 0.6) is 5.75 Å². The summed E-state index contributed by atoms with van der Waals surface area (Å²) in [4.78, 5) is 13.4. The van der Waals surface area contributed by atoms with Crippen molar-refractivity contribution in [3.63, 3.8) is 0 Å². The minimum atomic E-state index is -0.271. The molecule has 0 radical (unpaired) electrons. The highest BCUT2D eigenvalue weighted by Gasteiger charge is 2.61. The van der Waals surface area contributed by atoms with Crippen LogP contribution in [0.4, 0.5) is 0 Å². The summed E-state index contributed by atoms with van der Waals surface area (Å²) >= 11 is 0. The molecule has 3 aliphatic carbocycles. The maximum atomic E-state index is 13.4. The van der Waals surface area contributed by atoms with Crippen molar-refractivity contribution >= 4 is 5.97 Å². The summed E-state index contributed by atoms with van der Waals surface area (Å²) in [6.45, 7) is 22.0. The first-order chi connectivity index (χ1) is 17.8. The van der Waals surface area contributed by atoms with Crippen LogP contribution in [0.25, 0.3) is 0 Å². The molecule has 4 rings (SSSR count). The van der Waals surface area contributed by atoms with Gasteiger partial charge >= 0.3 is 5.97 Å². The number of hydrogen-bond donors (Lipinski definition) is 2. The number of esters is 1. The summed E-state index contributed by atoms with van der Waals surface area (Å²) in [6.07, 6.45) is 10.7. The van der Waals surface area contributed by atoms with E-state index in [0.29, 0.717) is 22.8 Å². The molecular formula is C34H56N2O2. The lowest BCUT2D eigenvalue weighted by atomic mass is 9.43. The third kappa shape index (κ3) is 5.73. The molecular weight excluding hydrogens is 468 g/mol. The molecule has 0 heterocycles. The molecule has 0 bridgehead atoms. The van der Waals surface area contributed by atoms with Crippen molar-refractivity contribution in [2.45, 2.75) is 144 Å². The van der Waals surface area contributed by atoms with Gasteiger partial charge in [-0.1, -0.05) is 68.2 Å². The number of fused-ring (bicyclic) bond motifs is 5.